The fourth-order valence-corrected chi connectivity index (χ4v) is 3.82. The third-order valence-corrected chi connectivity index (χ3v) is 5.77. The molecule has 9 heteroatoms. The van der Waals surface area contributed by atoms with Crippen molar-refractivity contribution in [3.05, 3.63) is 78.8 Å². The number of fused-ring (bicyclic) bond motifs is 1. The second-order valence-electron chi connectivity index (χ2n) is 9.85. The molecular formula is C28H32N6O3. The Hall–Kier alpha value is -4.40. The smallest absolute Gasteiger partial charge is 0.415 e. The molecule has 2 heterocycles. The number of carbonyl (C=O) groups is 2. The minimum Gasteiger partial charge on any atom is -0.443 e. The van der Waals surface area contributed by atoms with E-state index in [1.54, 1.807) is 25.6 Å². The molecular weight excluding hydrogens is 468 g/mol. The molecule has 0 aliphatic heterocycles. The van der Waals surface area contributed by atoms with Crippen molar-refractivity contribution in [2.24, 2.45) is 0 Å². The molecule has 0 saturated carbocycles. The Balaban J connectivity index is 1.43. The summed E-state index contributed by atoms with van der Waals surface area (Å²) in [4.78, 5) is 35.1. The number of nitrogens with one attached hydrogen (secondary N) is 2. The topological polar surface area (TPSA) is 101 Å². The fraction of sp³-hybridized carbons (Fsp3) is 0.286. The number of hydrogen-bond donors (Lipinski definition) is 2. The highest BCUT2D eigenvalue weighted by molar-refractivity contribution is 5.91. The van der Waals surface area contributed by atoms with Crippen molar-refractivity contribution >= 4 is 29.3 Å². The van der Waals surface area contributed by atoms with E-state index in [9.17, 15) is 9.59 Å². The van der Waals surface area contributed by atoms with Gasteiger partial charge >= 0.3 is 12.1 Å². The number of nitrogens with zero attached hydrogens (tertiary/aromatic N) is 4. The molecule has 2 N–H and O–H groups in total. The maximum absolute atomic E-state index is 12.5. The largest absolute Gasteiger partial charge is 0.443 e. The molecule has 0 bridgehead atoms. The van der Waals surface area contributed by atoms with Gasteiger partial charge in [-0.2, -0.15) is 0 Å². The molecule has 192 valence electrons. The van der Waals surface area contributed by atoms with Crippen LogP contribution in [-0.2, 0) is 4.74 Å². The third kappa shape index (κ3) is 6.24. The van der Waals surface area contributed by atoms with Crippen molar-refractivity contribution in [3.8, 4) is 11.3 Å². The highest BCUT2D eigenvalue weighted by Crippen LogP contribution is 2.26. The van der Waals surface area contributed by atoms with Crippen LogP contribution in [0.4, 0.5) is 21.1 Å². The number of urea groups is 1. The Bertz CT molecular complexity index is 1380. The predicted octanol–water partition coefficient (Wildman–Crippen LogP) is 5.69. The molecule has 0 unspecified atom stereocenters. The lowest BCUT2D eigenvalue weighted by Crippen LogP contribution is -2.34. The highest BCUT2D eigenvalue weighted by Gasteiger charge is 2.24. The molecule has 3 amide bonds. The van der Waals surface area contributed by atoms with E-state index >= 15 is 0 Å². The van der Waals surface area contributed by atoms with Crippen molar-refractivity contribution in [1.29, 1.82) is 0 Å². The summed E-state index contributed by atoms with van der Waals surface area (Å²) in [5, 5.41) is 5.80. The normalized spacial score (nSPS) is 12.1. The minimum absolute atomic E-state index is 0.207. The second kappa shape index (κ2) is 10.7. The first-order valence-corrected chi connectivity index (χ1v) is 12.1. The van der Waals surface area contributed by atoms with E-state index in [4.69, 9.17) is 4.74 Å². The number of rotatable bonds is 6. The average Bonchev–Trinajstić information content (AvgIpc) is 3.31. The van der Waals surface area contributed by atoms with Gasteiger partial charge < -0.3 is 15.4 Å². The summed E-state index contributed by atoms with van der Waals surface area (Å²) in [7, 11) is 1.61. The number of hydrogen-bond acceptors (Lipinski definition) is 5. The van der Waals surface area contributed by atoms with Crippen molar-refractivity contribution in [2.45, 2.75) is 39.2 Å². The lowest BCUT2D eigenvalue weighted by atomic mass is 10.0. The Kier molecular flexibility index (Phi) is 7.42. The van der Waals surface area contributed by atoms with Crippen LogP contribution in [0.15, 0.2) is 73.2 Å². The summed E-state index contributed by atoms with van der Waals surface area (Å²) in [6, 6.07) is 17.3. The monoisotopic (exact) mass is 500 g/mol. The van der Waals surface area contributed by atoms with Crippen LogP contribution in [0.1, 0.15) is 39.2 Å². The summed E-state index contributed by atoms with van der Waals surface area (Å²) in [6.07, 6.45) is 4.62. The molecule has 1 atom stereocenters. The van der Waals surface area contributed by atoms with Gasteiger partial charge in [-0.15, -0.1) is 0 Å². The SMILES string of the molecule is C[C@H](CNC(=O)Nc1ccc(-c2cnc3c(N(C)C(=O)OC(C)(C)C)nccn23)cc1)c1ccccc1. The van der Waals surface area contributed by atoms with E-state index in [0.717, 1.165) is 11.3 Å². The van der Waals surface area contributed by atoms with Gasteiger partial charge in [-0.3, -0.25) is 9.30 Å². The van der Waals surface area contributed by atoms with Crippen molar-refractivity contribution in [3.63, 3.8) is 0 Å². The van der Waals surface area contributed by atoms with Crippen LogP contribution in [0.25, 0.3) is 16.9 Å². The maximum atomic E-state index is 12.5. The number of carbonyl (C=O) groups excluding carboxylic acids is 2. The van der Waals surface area contributed by atoms with Gasteiger partial charge in [0.2, 0.25) is 0 Å². The molecule has 0 saturated heterocycles. The summed E-state index contributed by atoms with van der Waals surface area (Å²) in [5.41, 5.74) is 3.48. The van der Waals surface area contributed by atoms with Crippen LogP contribution in [0.5, 0.6) is 0 Å². The lowest BCUT2D eigenvalue weighted by molar-refractivity contribution is 0.0588. The predicted molar refractivity (Wildman–Crippen MR) is 145 cm³/mol. The quantitative estimate of drug-likeness (QED) is 0.354. The Morgan fingerprint density at radius 3 is 2.43 bits per heavy atom. The molecule has 2 aromatic carbocycles. The first-order chi connectivity index (χ1) is 17.6. The van der Waals surface area contributed by atoms with Gasteiger partial charge in [-0.1, -0.05) is 49.4 Å². The molecule has 0 fully saturated rings. The third-order valence-electron chi connectivity index (χ3n) is 5.77. The van der Waals surface area contributed by atoms with Crippen molar-refractivity contribution in [1.82, 2.24) is 19.7 Å². The van der Waals surface area contributed by atoms with E-state index in [1.807, 2.05) is 67.6 Å². The van der Waals surface area contributed by atoms with Gasteiger partial charge in [0.1, 0.15) is 5.60 Å². The number of amides is 3. The molecule has 2 aromatic heterocycles. The van der Waals surface area contributed by atoms with Gasteiger partial charge in [0.25, 0.3) is 0 Å². The minimum atomic E-state index is -0.621. The number of imidazole rings is 1. The average molecular weight is 501 g/mol. The van der Waals surface area contributed by atoms with E-state index < -0.39 is 11.7 Å². The summed E-state index contributed by atoms with van der Waals surface area (Å²) in [6.45, 7) is 8.05. The molecule has 9 nitrogen and oxygen atoms in total. The van der Waals surface area contributed by atoms with Crippen LogP contribution in [-0.4, -0.2) is 45.7 Å². The molecule has 0 aliphatic rings. The zero-order valence-corrected chi connectivity index (χ0v) is 21.7. The standard InChI is InChI=1S/C28H32N6O3/c1-19(20-9-7-6-8-10-20)17-31-26(35)32-22-13-11-21(12-14-22)23-18-30-25-24(29-15-16-34(23)25)33(5)27(36)37-28(2,3)4/h6-16,18-19H,17H2,1-5H3,(H2,31,32,35)/t19-/m1/s1. The van der Waals surface area contributed by atoms with E-state index in [1.165, 1.54) is 10.5 Å². The molecule has 4 aromatic rings. The van der Waals surface area contributed by atoms with E-state index in [2.05, 4.69) is 39.7 Å². The van der Waals surface area contributed by atoms with E-state index in [0.29, 0.717) is 23.7 Å². The van der Waals surface area contributed by atoms with Gasteiger partial charge in [0.05, 0.1) is 11.9 Å². The first-order valence-electron chi connectivity index (χ1n) is 12.1. The van der Waals surface area contributed by atoms with Crippen LogP contribution >= 0.6 is 0 Å². The molecule has 0 spiro atoms. The van der Waals surface area contributed by atoms with Gasteiger partial charge in [-0.05, 0) is 44.4 Å². The molecule has 37 heavy (non-hydrogen) atoms. The summed E-state index contributed by atoms with van der Waals surface area (Å²) >= 11 is 0. The van der Waals surface area contributed by atoms with Crippen molar-refractivity contribution < 1.29 is 14.3 Å². The zero-order chi connectivity index (χ0) is 26.6. The van der Waals surface area contributed by atoms with Crippen LogP contribution in [0.3, 0.4) is 0 Å². The van der Waals surface area contributed by atoms with Crippen LogP contribution in [0.2, 0.25) is 0 Å². The Morgan fingerprint density at radius 2 is 1.76 bits per heavy atom. The number of benzene rings is 2. The van der Waals surface area contributed by atoms with E-state index in [-0.39, 0.29) is 11.9 Å². The summed E-state index contributed by atoms with van der Waals surface area (Å²) in [5.74, 6) is 0.598. The van der Waals surface area contributed by atoms with Crippen LogP contribution < -0.4 is 15.5 Å². The lowest BCUT2D eigenvalue weighted by Gasteiger charge is -2.24. The zero-order valence-electron chi connectivity index (χ0n) is 21.7. The maximum Gasteiger partial charge on any atom is 0.415 e. The number of ether oxygens (including phenoxy) is 1. The molecule has 0 radical (unpaired) electrons. The van der Waals surface area contributed by atoms with Gasteiger partial charge in [0.15, 0.2) is 11.5 Å². The van der Waals surface area contributed by atoms with Crippen molar-refractivity contribution in [2.75, 3.05) is 23.8 Å². The Labute approximate surface area is 216 Å². The van der Waals surface area contributed by atoms with Gasteiger partial charge in [0, 0.05) is 37.2 Å². The first kappa shape index (κ1) is 25.7. The highest BCUT2D eigenvalue weighted by atomic mass is 16.6. The molecule has 4 rings (SSSR count). The van der Waals surface area contributed by atoms with Gasteiger partial charge in [-0.25, -0.2) is 19.6 Å². The number of aromatic nitrogens is 3. The molecule has 0 aliphatic carbocycles. The number of anilines is 2. The van der Waals surface area contributed by atoms with Crippen LogP contribution in [0, 0.1) is 0 Å². The Morgan fingerprint density at radius 1 is 1.05 bits per heavy atom. The second-order valence-corrected chi connectivity index (χ2v) is 9.85. The fourth-order valence-electron chi connectivity index (χ4n) is 3.82. The summed E-state index contributed by atoms with van der Waals surface area (Å²) < 4.78 is 7.33.